The molecular weight excluding hydrogens is 352 g/mol. The number of amides is 1. The molecule has 2 heterocycles. The average molecular weight is 372 g/mol. The highest BCUT2D eigenvalue weighted by atomic mass is 32.2. The second-order valence-corrected chi connectivity index (χ2v) is 8.56. The van der Waals surface area contributed by atoms with E-state index in [0.717, 1.165) is 17.7 Å². The van der Waals surface area contributed by atoms with Gasteiger partial charge in [0.25, 0.3) is 5.91 Å². The summed E-state index contributed by atoms with van der Waals surface area (Å²) in [6.07, 6.45) is 1.35. The number of hydrogen-bond donors (Lipinski definition) is 1. The molecule has 0 aromatic heterocycles. The highest BCUT2D eigenvalue weighted by molar-refractivity contribution is 7.93. The molecular formula is C19H20N2O4S. The number of carbonyl (C=O) groups is 1. The van der Waals surface area contributed by atoms with Crippen molar-refractivity contribution < 1.29 is 17.9 Å². The molecule has 0 saturated carbocycles. The number of carbonyl (C=O) groups excluding carboxylic acids is 1. The Balaban J connectivity index is 1.36. The van der Waals surface area contributed by atoms with E-state index in [0.29, 0.717) is 30.8 Å². The second-order valence-electron chi connectivity index (χ2n) is 6.55. The Morgan fingerprint density at radius 1 is 1.15 bits per heavy atom. The van der Waals surface area contributed by atoms with Crippen LogP contribution in [0.2, 0.25) is 0 Å². The van der Waals surface area contributed by atoms with Crippen molar-refractivity contribution >= 4 is 21.6 Å². The van der Waals surface area contributed by atoms with Crippen LogP contribution in [-0.4, -0.2) is 39.3 Å². The van der Waals surface area contributed by atoms with Crippen LogP contribution in [0.25, 0.3) is 0 Å². The maximum absolute atomic E-state index is 12.3. The summed E-state index contributed by atoms with van der Waals surface area (Å²) < 4.78 is 31.1. The molecule has 2 aliphatic rings. The fourth-order valence-corrected chi connectivity index (χ4v) is 4.95. The van der Waals surface area contributed by atoms with Gasteiger partial charge in [0.15, 0.2) is 0 Å². The largest absolute Gasteiger partial charge is 0.488 e. The lowest BCUT2D eigenvalue weighted by Crippen LogP contribution is -2.34. The molecule has 1 unspecified atom stereocenters. The van der Waals surface area contributed by atoms with E-state index in [-0.39, 0.29) is 17.8 Å². The molecule has 26 heavy (non-hydrogen) atoms. The molecule has 4 rings (SSSR count). The summed E-state index contributed by atoms with van der Waals surface area (Å²) in [7, 11) is -3.20. The van der Waals surface area contributed by atoms with Crippen molar-refractivity contribution in [3.05, 3.63) is 59.7 Å². The molecule has 1 fully saturated rings. The number of fused-ring (bicyclic) bond motifs is 1. The molecule has 7 heteroatoms. The van der Waals surface area contributed by atoms with Gasteiger partial charge in [0.05, 0.1) is 18.0 Å². The van der Waals surface area contributed by atoms with E-state index in [9.17, 15) is 13.2 Å². The zero-order valence-corrected chi connectivity index (χ0v) is 15.0. The number of anilines is 1. The number of nitrogens with one attached hydrogen (secondary N) is 1. The van der Waals surface area contributed by atoms with Gasteiger partial charge >= 0.3 is 0 Å². The van der Waals surface area contributed by atoms with Crippen molar-refractivity contribution in [2.24, 2.45) is 0 Å². The van der Waals surface area contributed by atoms with Crippen molar-refractivity contribution in [2.45, 2.75) is 18.9 Å². The lowest BCUT2D eigenvalue weighted by atomic mass is 10.1. The van der Waals surface area contributed by atoms with Crippen molar-refractivity contribution in [1.29, 1.82) is 0 Å². The third-order valence-electron chi connectivity index (χ3n) is 4.72. The summed E-state index contributed by atoms with van der Waals surface area (Å²) in [6, 6.07) is 14.5. The van der Waals surface area contributed by atoms with Crippen LogP contribution in [0.5, 0.6) is 5.75 Å². The molecule has 2 aliphatic heterocycles. The van der Waals surface area contributed by atoms with Crippen molar-refractivity contribution in [2.75, 3.05) is 23.1 Å². The topological polar surface area (TPSA) is 75.7 Å². The Bertz CT molecular complexity index is 900. The van der Waals surface area contributed by atoms with Gasteiger partial charge in [0.1, 0.15) is 11.9 Å². The van der Waals surface area contributed by atoms with Gasteiger partial charge in [-0.25, -0.2) is 8.42 Å². The van der Waals surface area contributed by atoms with Gasteiger partial charge in [-0.2, -0.15) is 0 Å². The minimum atomic E-state index is -3.20. The van der Waals surface area contributed by atoms with Crippen molar-refractivity contribution in [3.8, 4) is 5.75 Å². The van der Waals surface area contributed by atoms with E-state index in [4.69, 9.17) is 4.74 Å². The molecule has 1 saturated heterocycles. The number of nitrogens with zero attached hydrogens (tertiary/aromatic N) is 1. The molecule has 1 amide bonds. The second kappa shape index (κ2) is 6.64. The molecule has 136 valence electrons. The van der Waals surface area contributed by atoms with E-state index in [1.54, 1.807) is 24.3 Å². The van der Waals surface area contributed by atoms with Gasteiger partial charge in [0, 0.05) is 18.5 Å². The van der Waals surface area contributed by atoms with Gasteiger partial charge in [-0.3, -0.25) is 9.10 Å². The first-order valence-electron chi connectivity index (χ1n) is 8.66. The molecule has 0 aliphatic carbocycles. The Hall–Kier alpha value is -2.54. The van der Waals surface area contributed by atoms with Gasteiger partial charge in [0.2, 0.25) is 10.0 Å². The summed E-state index contributed by atoms with van der Waals surface area (Å²) in [5, 5.41) is 2.89. The van der Waals surface area contributed by atoms with Crippen LogP contribution >= 0.6 is 0 Å². The minimum Gasteiger partial charge on any atom is -0.488 e. The maximum Gasteiger partial charge on any atom is 0.251 e. The molecule has 6 nitrogen and oxygen atoms in total. The molecule has 0 bridgehead atoms. The van der Waals surface area contributed by atoms with E-state index in [1.807, 2.05) is 24.3 Å². The summed E-state index contributed by atoms with van der Waals surface area (Å²) >= 11 is 0. The molecule has 0 radical (unpaired) electrons. The number of para-hydroxylation sites is 1. The number of benzene rings is 2. The highest BCUT2D eigenvalue weighted by Gasteiger charge is 2.28. The first kappa shape index (κ1) is 16.9. The zero-order chi connectivity index (χ0) is 18.1. The smallest absolute Gasteiger partial charge is 0.251 e. The number of rotatable bonds is 4. The van der Waals surface area contributed by atoms with Crippen LogP contribution in [-0.2, 0) is 16.4 Å². The fourth-order valence-electron chi connectivity index (χ4n) is 3.38. The normalized spacial score (nSPS) is 20.5. The first-order valence-corrected chi connectivity index (χ1v) is 10.3. The summed E-state index contributed by atoms with van der Waals surface area (Å²) in [5.74, 6) is 0.863. The number of ether oxygens (including phenoxy) is 1. The molecule has 1 atom stereocenters. The molecule has 1 N–H and O–H groups in total. The van der Waals surface area contributed by atoms with Gasteiger partial charge < -0.3 is 10.1 Å². The average Bonchev–Trinajstić information content (AvgIpc) is 3.22. The van der Waals surface area contributed by atoms with E-state index in [2.05, 4.69) is 5.32 Å². The summed E-state index contributed by atoms with van der Waals surface area (Å²) in [6.45, 7) is 0.920. The SMILES string of the molecule is O=C(NCC1Cc2ccccc2O1)c1ccc(N2CCCS2(=O)=O)cc1. The zero-order valence-electron chi connectivity index (χ0n) is 14.2. The van der Waals surface area contributed by atoms with Crippen LogP contribution in [0, 0.1) is 0 Å². The fraction of sp³-hybridized carbons (Fsp3) is 0.316. The predicted molar refractivity (Wildman–Crippen MR) is 99.1 cm³/mol. The quantitative estimate of drug-likeness (QED) is 0.890. The van der Waals surface area contributed by atoms with Crippen LogP contribution in [0.4, 0.5) is 5.69 Å². The van der Waals surface area contributed by atoms with E-state index < -0.39 is 10.0 Å². The summed E-state index contributed by atoms with van der Waals surface area (Å²) in [4.78, 5) is 12.3. The van der Waals surface area contributed by atoms with Gasteiger partial charge in [-0.1, -0.05) is 18.2 Å². The Morgan fingerprint density at radius 3 is 2.62 bits per heavy atom. The third kappa shape index (κ3) is 3.26. The lowest BCUT2D eigenvalue weighted by Gasteiger charge is -2.17. The monoisotopic (exact) mass is 372 g/mol. The summed E-state index contributed by atoms with van der Waals surface area (Å²) in [5.41, 5.74) is 2.26. The highest BCUT2D eigenvalue weighted by Crippen LogP contribution is 2.28. The lowest BCUT2D eigenvalue weighted by molar-refractivity contribution is 0.0933. The standard InChI is InChI=1S/C19H20N2O4S/c22-19(20-13-17-12-15-4-1-2-5-18(15)25-17)14-6-8-16(9-7-14)21-10-3-11-26(21,23)24/h1-2,4-9,17H,3,10-13H2,(H,20,22). The van der Waals surface area contributed by atoms with E-state index in [1.165, 1.54) is 4.31 Å². The number of sulfonamides is 1. The molecule has 0 spiro atoms. The van der Waals surface area contributed by atoms with Crippen molar-refractivity contribution in [3.63, 3.8) is 0 Å². The maximum atomic E-state index is 12.3. The van der Waals surface area contributed by atoms with Crippen LogP contribution in [0.15, 0.2) is 48.5 Å². The van der Waals surface area contributed by atoms with Crippen LogP contribution in [0.3, 0.4) is 0 Å². The minimum absolute atomic E-state index is 0.0645. The third-order valence-corrected chi connectivity index (χ3v) is 6.59. The first-order chi connectivity index (χ1) is 12.5. The Labute approximate surface area is 152 Å². The van der Waals surface area contributed by atoms with Crippen LogP contribution in [0.1, 0.15) is 22.3 Å². The van der Waals surface area contributed by atoms with E-state index >= 15 is 0 Å². The number of hydrogen-bond acceptors (Lipinski definition) is 4. The predicted octanol–water partition coefficient (Wildman–Crippen LogP) is 1.96. The van der Waals surface area contributed by atoms with Crippen molar-refractivity contribution in [1.82, 2.24) is 5.32 Å². The Morgan fingerprint density at radius 2 is 1.92 bits per heavy atom. The van der Waals surface area contributed by atoms with Gasteiger partial charge in [-0.05, 0) is 42.3 Å². The molecule has 2 aromatic carbocycles. The molecule has 2 aromatic rings. The Kier molecular flexibility index (Phi) is 4.32. The van der Waals surface area contributed by atoms with Crippen LogP contribution < -0.4 is 14.4 Å². The van der Waals surface area contributed by atoms with Gasteiger partial charge in [-0.15, -0.1) is 0 Å².